The zero-order valence-corrected chi connectivity index (χ0v) is 7.73. The van der Waals surface area contributed by atoms with Crippen molar-refractivity contribution in [2.24, 2.45) is 0 Å². The molecule has 0 aliphatic carbocycles. The number of hydrogen-bond donors (Lipinski definition) is 0. The van der Waals surface area contributed by atoms with Gasteiger partial charge in [0.15, 0.2) is 0 Å². The zero-order valence-electron chi connectivity index (χ0n) is 6.73. The minimum atomic E-state index is 0.923. The molecular weight excluding hydrogens is 139 g/mol. The molecule has 0 radical (unpaired) electrons. The molecule has 1 heteroatoms. The summed E-state index contributed by atoms with van der Waals surface area (Å²) in [6.45, 7) is 6.53. The van der Waals surface area contributed by atoms with Gasteiger partial charge in [-0.25, -0.2) is 0 Å². The fourth-order valence-corrected chi connectivity index (χ4v) is 1.51. The Kier molecular flexibility index (Phi) is 2.45. The van der Waals surface area contributed by atoms with Crippen molar-refractivity contribution in [2.75, 3.05) is 6.66 Å². The van der Waals surface area contributed by atoms with Crippen LogP contribution >= 0.6 is 8.58 Å². The van der Waals surface area contributed by atoms with Crippen molar-refractivity contribution in [3.63, 3.8) is 0 Å². The first-order valence-electron chi connectivity index (χ1n) is 3.49. The second-order valence-corrected chi connectivity index (χ2v) is 3.63. The largest absolute Gasteiger partial charge is 0.0936 e. The first kappa shape index (κ1) is 7.75. The van der Waals surface area contributed by atoms with Gasteiger partial charge in [-0.05, 0) is 36.9 Å². The van der Waals surface area contributed by atoms with Crippen LogP contribution in [0.25, 0.3) is 0 Å². The molecule has 0 fully saturated rings. The predicted octanol–water partition coefficient (Wildman–Crippen LogP) is 2.24. The molecule has 0 bridgehead atoms. The maximum atomic E-state index is 2.27. The molecule has 1 unspecified atom stereocenters. The lowest BCUT2D eigenvalue weighted by Crippen LogP contribution is -1.94. The van der Waals surface area contributed by atoms with Crippen LogP contribution in [0.4, 0.5) is 0 Å². The van der Waals surface area contributed by atoms with Crippen molar-refractivity contribution in [1.29, 1.82) is 0 Å². The summed E-state index contributed by atoms with van der Waals surface area (Å²) in [5, 5.41) is 1.46. The molecule has 0 nitrogen and oxygen atoms in total. The Morgan fingerprint density at radius 2 is 1.80 bits per heavy atom. The molecule has 54 valence electrons. The van der Waals surface area contributed by atoms with Crippen LogP contribution in [0.15, 0.2) is 18.2 Å². The van der Waals surface area contributed by atoms with Crippen molar-refractivity contribution in [2.45, 2.75) is 13.8 Å². The van der Waals surface area contributed by atoms with Crippen LogP contribution < -0.4 is 5.30 Å². The zero-order chi connectivity index (χ0) is 7.56. The molecule has 1 aromatic carbocycles. The predicted molar refractivity (Wildman–Crippen MR) is 49.8 cm³/mol. The smallest absolute Gasteiger partial charge is 0.0271 e. The molecule has 0 N–H and O–H groups in total. The van der Waals surface area contributed by atoms with E-state index in [1.807, 2.05) is 0 Å². The molecule has 0 aliphatic heterocycles. The van der Waals surface area contributed by atoms with Gasteiger partial charge in [0.25, 0.3) is 0 Å². The van der Waals surface area contributed by atoms with Gasteiger partial charge in [-0.3, -0.25) is 0 Å². The Morgan fingerprint density at radius 3 is 2.30 bits per heavy atom. The fourth-order valence-electron chi connectivity index (χ4n) is 0.897. The molecular formula is C9H13P. The number of rotatable bonds is 1. The van der Waals surface area contributed by atoms with Crippen molar-refractivity contribution in [3.05, 3.63) is 29.3 Å². The van der Waals surface area contributed by atoms with Gasteiger partial charge < -0.3 is 0 Å². The highest BCUT2D eigenvalue weighted by atomic mass is 31.1. The van der Waals surface area contributed by atoms with E-state index in [2.05, 4.69) is 38.7 Å². The van der Waals surface area contributed by atoms with Gasteiger partial charge in [0, 0.05) is 0 Å². The van der Waals surface area contributed by atoms with E-state index in [0.29, 0.717) is 0 Å². The lowest BCUT2D eigenvalue weighted by Gasteiger charge is -2.01. The Balaban J connectivity index is 3.04. The van der Waals surface area contributed by atoms with E-state index in [-0.39, 0.29) is 0 Å². The van der Waals surface area contributed by atoms with Crippen molar-refractivity contribution < 1.29 is 0 Å². The van der Waals surface area contributed by atoms with Crippen molar-refractivity contribution >= 4 is 13.9 Å². The van der Waals surface area contributed by atoms with E-state index in [1.165, 1.54) is 16.4 Å². The summed E-state index contributed by atoms with van der Waals surface area (Å²) in [6.07, 6.45) is 0. The van der Waals surface area contributed by atoms with Crippen molar-refractivity contribution in [1.82, 2.24) is 0 Å². The molecule has 0 saturated heterocycles. The Bertz CT molecular complexity index is 228. The maximum absolute atomic E-state index is 2.27. The Labute approximate surface area is 64.4 Å². The average Bonchev–Trinajstić information content (AvgIpc) is 1.95. The van der Waals surface area contributed by atoms with E-state index in [4.69, 9.17) is 0 Å². The lowest BCUT2D eigenvalue weighted by molar-refractivity contribution is 1.35. The SMILES string of the molecule is CPc1ccc(C)c(C)c1. The van der Waals surface area contributed by atoms with E-state index in [0.717, 1.165) is 8.58 Å². The summed E-state index contributed by atoms with van der Waals surface area (Å²) in [5.74, 6) is 0. The molecule has 1 atom stereocenters. The molecule has 1 aromatic rings. The Morgan fingerprint density at radius 1 is 1.10 bits per heavy atom. The second kappa shape index (κ2) is 3.16. The van der Waals surface area contributed by atoms with E-state index in [1.54, 1.807) is 0 Å². The molecule has 0 spiro atoms. The van der Waals surface area contributed by atoms with Gasteiger partial charge >= 0.3 is 0 Å². The van der Waals surface area contributed by atoms with Gasteiger partial charge in [-0.15, -0.1) is 0 Å². The summed E-state index contributed by atoms with van der Waals surface area (Å²) in [6, 6.07) is 6.68. The fraction of sp³-hybridized carbons (Fsp3) is 0.333. The number of benzene rings is 1. The topological polar surface area (TPSA) is 0 Å². The Hall–Kier alpha value is -0.350. The van der Waals surface area contributed by atoms with Crippen LogP contribution in [0.5, 0.6) is 0 Å². The number of aryl methyl sites for hydroxylation is 2. The number of hydrogen-bond acceptors (Lipinski definition) is 0. The molecule has 0 heterocycles. The van der Waals surface area contributed by atoms with Crippen LogP contribution in [-0.2, 0) is 0 Å². The van der Waals surface area contributed by atoms with Gasteiger partial charge in [-0.2, -0.15) is 0 Å². The third-order valence-electron chi connectivity index (χ3n) is 1.80. The molecule has 0 aromatic heterocycles. The summed E-state index contributed by atoms with van der Waals surface area (Å²) in [4.78, 5) is 0. The van der Waals surface area contributed by atoms with Crippen molar-refractivity contribution in [3.8, 4) is 0 Å². The molecule has 0 aliphatic rings. The highest BCUT2D eigenvalue weighted by molar-refractivity contribution is 7.46. The van der Waals surface area contributed by atoms with Crippen LogP contribution in [0.1, 0.15) is 11.1 Å². The van der Waals surface area contributed by atoms with Gasteiger partial charge in [-0.1, -0.05) is 26.8 Å². The van der Waals surface area contributed by atoms with Crippen LogP contribution in [0.2, 0.25) is 0 Å². The standard InChI is InChI=1S/C9H13P/c1-7-4-5-9(10-3)6-8(7)2/h4-6,10H,1-3H3. The summed E-state index contributed by atoms with van der Waals surface area (Å²) >= 11 is 0. The van der Waals surface area contributed by atoms with Gasteiger partial charge in [0.05, 0.1) is 0 Å². The minimum Gasteiger partial charge on any atom is -0.0936 e. The second-order valence-electron chi connectivity index (χ2n) is 2.55. The summed E-state index contributed by atoms with van der Waals surface area (Å²) in [7, 11) is 0.923. The first-order chi connectivity index (χ1) is 4.74. The maximum Gasteiger partial charge on any atom is -0.0271 e. The third kappa shape index (κ3) is 1.58. The highest BCUT2D eigenvalue weighted by Gasteiger charge is 1.92. The summed E-state index contributed by atoms with van der Waals surface area (Å²) in [5.41, 5.74) is 2.80. The first-order valence-corrected chi connectivity index (χ1v) is 4.99. The molecule has 0 saturated carbocycles. The highest BCUT2D eigenvalue weighted by Crippen LogP contribution is 2.09. The van der Waals surface area contributed by atoms with Gasteiger partial charge in [0.1, 0.15) is 0 Å². The third-order valence-corrected chi connectivity index (χ3v) is 2.68. The average molecular weight is 152 g/mol. The van der Waals surface area contributed by atoms with E-state index in [9.17, 15) is 0 Å². The lowest BCUT2D eigenvalue weighted by atomic mass is 10.1. The van der Waals surface area contributed by atoms with Crippen LogP contribution in [0.3, 0.4) is 0 Å². The minimum absolute atomic E-state index is 0.923. The van der Waals surface area contributed by atoms with E-state index >= 15 is 0 Å². The molecule has 10 heavy (non-hydrogen) atoms. The van der Waals surface area contributed by atoms with Crippen LogP contribution in [-0.4, -0.2) is 6.66 Å². The summed E-state index contributed by atoms with van der Waals surface area (Å²) < 4.78 is 0. The van der Waals surface area contributed by atoms with E-state index < -0.39 is 0 Å². The monoisotopic (exact) mass is 152 g/mol. The quantitative estimate of drug-likeness (QED) is 0.541. The molecule has 0 amide bonds. The van der Waals surface area contributed by atoms with Gasteiger partial charge in [0.2, 0.25) is 0 Å². The normalized spacial score (nSPS) is 11.1. The molecule has 1 rings (SSSR count). The van der Waals surface area contributed by atoms with Crippen LogP contribution in [0, 0.1) is 13.8 Å².